The van der Waals surface area contributed by atoms with Crippen LogP contribution >= 0.6 is 11.3 Å². The van der Waals surface area contributed by atoms with E-state index in [2.05, 4.69) is 28.9 Å². The molecule has 0 saturated carbocycles. The van der Waals surface area contributed by atoms with E-state index < -0.39 is 0 Å². The molecule has 8 heteroatoms. The molecule has 1 saturated heterocycles. The number of carbonyl (C=O) groups is 1. The van der Waals surface area contributed by atoms with Gasteiger partial charge in [-0.15, -0.1) is 0 Å². The van der Waals surface area contributed by atoms with Gasteiger partial charge in [0.1, 0.15) is 11.3 Å². The Hall–Kier alpha value is -2.81. The molecule has 0 radical (unpaired) electrons. The summed E-state index contributed by atoms with van der Waals surface area (Å²) < 4.78 is 8.43. The predicted molar refractivity (Wildman–Crippen MR) is 128 cm³/mol. The van der Waals surface area contributed by atoms with Gasteiger partial charge in [-0.3, -0.25) is 19.0 Å². The van der Waals surface area contributed by atoms with Crippen molar-refractivity contribution < 1.29 is 9.53 Å². The lowest BCUT2D eigenvalue weighted by Gasteiger charge is -2.27. The fourth-order valence-corrected chi connectivity index (χ4v) is 5.28. The molecular weight excluding hydrogens is 422 g/mol. The van der Waals surface area contributed by atoms with Crippen molar-refractivity contribution >= 4 is 38.2 Å². The highest BCUT2D eigenvalue weighted by Crippen LogP contribution is 2.31. The molecule has 4 aromatic rings. The van der Waals surface area contributed by atoms with Crippen molar-refractivity contribution in [1.29, 1.82) is 0 Å². The highest BCUT2D eigenvalue weighted by molar-refractivity contribution is 7.22. The first-order valence-corrected chi connectivity index (χ1v) is 11.8. The van der Waals surface area contributed by atoms with Crippen LogP contribution in [0.15, 0.2) is 42.6 Å². The molecule has 1 fully saturated rings. The molecule has 1 aliphatic heterocycles. The lowest BCUT2D eigenvalue weighted by molar-refractivity contribution is 0.0376. The second-order valence-electron chi connectivity index (χ2n) is 8.21. The van der Waals surface area contributed by atoms with Crippen LogP contribution in [0.4, 0.5) is 5.13 Å². The number of rotatable bonds is 6. The van der Waals surface area contributed by atoms with E-state index in [0.717, 1.165) is 66.0 Å². The number of morpholine rings is 1. The first kappa shape index (κ1) is 21.1. The monoisotopic (exact) mass is 449 g/mol. The number of aryl methyl sites for hydroxylation is 2. The molecule has 0 aliphatic carbocycles. The minimum absolute atomic E-state index is 0.0565. The van der Waals surface area contributed by atoms with Crippen LogP contribution in [0, 0.1) is 13.8 Å². The van der Waals surface area contributed by atoms with Crippen molar-refractivity contribution in [3.05, 3.63) is 59.5 Å². The third-order valence-corrected chi connectivity index (χ3v) is 6.92. The van der Waals surface area contributed by atoms with Crippen molar-refractivity contribution in [3.8, 4) is 0 Å². The van der Waals surface area contributed by atoms with Crippen LogP contribution in [0.25, 0.3) is 15.9 Å². The number of hydrogen-bond acceptors (Lipinski definition) is 6. The number of pyridine rings is 1. The van der Waals surface area contributed by atoms with Crippen molar-refractivity contribution in [2.75, 3.05) is 44.3 Å². The average Bonchev–Trinajstić information content (AvgIpc) is 3.36. The molecule has 0 unspecified atom stereocenters. The Morgan fingerprint density at radius 2 is 2.00 bits per heavy atom. The van der Waals surface area contributed by atoms with Gasteiger partial charge in [0.15, 0.2) is 5.13 Å². The topological polar surface area (TPSA) is 63.0 Å². The molecular formula is C24H27N5O2S. The first-order chi connectivity index (χ1) is 15.6. The number of benzene rings is 1. The molecule has 1 aromatic carbocycles. The summed E-state index contributed by atoms with van der Waals surface area (Å²) in [6, 6.07) is 12.0. The molecule has 166 valence electrons. The maximum atomic E-state index is 13.9. The van der Waals surface area contributed by atoms with Gasteiger partial charge in [-0.05, 0) is 50.1 Å². The molecule has 0 atom stereocenters. The van der Waals surface area contributed by atoms with Crippen LogP contribution in [-0.4, -0.2) is 64.6 Å². The number of fused-ring (bicyclic) bond motifs is 2. The molecule has 3 aromatic heterocycles. The summed E-state index contributed by atoms with van der Waals surface area (Å²) in [5, 5.41) is 0.739. The summed E-state index contributed by atoms with van der Waals surface area (Å²) in [6.07, 6.45) is 2.77. The Bertz CT molecular complexity index is 1260. The lowest BCUT2D eigenvalue weighted by Crippen LogP contribution is -2.39. The number of carbonyl (C=O) groups excluding carboxylic acids is 1. The van der Waals surface area contributed by atoms with Gasteiger partial charge in [-0.1, -0.05) is 23.5 Å². The minimum Gasteiger partial charge on any atom is -0.379 e. The summed E-state index contributed by atoms with van der Waals surface area (Å²) in [5.41, 5.74) is 4.23. The van der Waals surface area contributed by atoms with Crippen molar-refractivity contribution in [3.63, 3.8) is 0 Å². The zero-order chi connectivity index (χ0) is 22.1. The van der Waals surface area contributed by atoms with E-state index in [1.54, 1.807) is 11.3 Å². The van der Waals surface area contributed by atoms with E-state index in [4.69, 9.17) is 9.72 Å². The molecule has 4 heterocycles. The van der Waals surface area contributed by atoms with Gasteiger partial charge in [0.25, 0.3) is 5.91 Å². The summed E-state index contributed by atoms with van der Waals surface area (Å²) in [6.45, 7) is 8.96. The molecule has 0 N–H and O–H groups in total. The summed E-state index contributed by atoms with van der Waals surface area (Å²) in [4.78, 5) is 27.5. The number of thiazole rings is 1. The minimum atomic E-state index is -0.0565. The number of aromatic nitrogens is 3. The van der Waals surface area contributed by atoms with Crippen molar-refractivity contribution in [1.82, 2.24) is 19.3 Å². The van der Waals surface area contributed by atoms with Crippen LogP contribution in [0.2, 0.25) is 0 Å². The van der Waals surface area contributed by atoms with E-state index >= 15 is 0 Å². The molecule has 0 bridgehead atoms. The standard InChI is InChI=1S/C24H27N5O2S/c1-17-7-8-19-20(16-17)32-24(26-19)29(11-5-9-27-12-14-31-15-13-27)23(30)22-18(2)25-21-6-3-4-10-28(21)22/h3-4,6-8,10,16H,5,9,11-15H2,1-2H3. The molecule has 7 nitrogen and oxygen atoms in total. The summed E-state index contributed by atoms with van der Waals surface area (Å²) >= 11 is 1.57. The van der Waals surface area contributed by atoms with Crippen LogP contribution < -0.4 is 4.90 Å². The third kappa shape index (κ3) is 4.13. The van der Waals surface area contributed by atoms with Gasteiger partial charge >= 0.3 is 0 Å². The maximum absolute atomic E-state index is 13.9. The normalized spacial score (nSPS) is 14.9. The largest absolute Gasteiger partial charge is 0.379 e. The molecule has 5 rings (SSSR count). The Balaban J connectivity index is 1.47. The molecule has 1 amide bonds. The molecule has 32 heavy (non-hydrogen) atoms. The predicted octanol–water partition coefficient (Wildman–Crippen LogP) is 3.93. The van der Waals surface area contributed by atoms with Crippen LogP contribution in [0.3, 0.4) is 0 Å². The van der Waals surface area contributed by atoms with E-state index in [1.807, 2.05) is 46.7 Å². The van der Waals surface area contributed by atoms with E-state index in [1.165, 1.54) is 5.56 Å². The lowest BCUT2D eigenvalue weighted by atomic mass is 10.2. The Morgan fingerprint density at radius 3 is 2.84 bits per heavy atom. The zero-order valence-electron chi connectivity index (χ0n) is 18.5. The first-order valence-electron chi connectivity index (χ1n) is 11.0. The zero-order valence-corrected chi connectivity index (χ0v) is 19.3. The average molecular weight is 450 g/mol. The van der Waals surface area contributed by atoms with Crippen LogP contribution in [0.1, 0.15) is 28.2 Å². The summed E-state index contributed by atoms with van der Waals surface area (Å²) in [5.74, 6) is -0.0565. The quantitative estimate of drug-likeness (QED) is 0.446. The van der Waals surface area contributed by atoms with Gasteiger partial charge < -0.3 is 4.74 Å². The highest BCUT2D eigenvalue weighted by Gasteiger charge is 2.26. The molecule has 0 spiro atoms. The Labute approximate surface area is 191 Å². The van der Waals surface area contributed by atoms with Crippen molar-refractivity contribution in [2.45, 2.75) is 20.3 Å². The third-order valence-electron chi connectivity index (χ3n) is 5.88. The van der Waals surface area contributed by atoms with Gasteiger partial charge in [-0.2, -0.15) is 0 Å². The Kier molecular flexibility index (Phi) is 5.91. The second kappa shape index (κ2) is 8.97. The van der Waals surface area contributed by atoms with Crippen LogP contribution in [0.5, 0.6) is 0 Å². The number of imidazole rings is 1. The Morgan fingerprint density at radius 1 is 1.16 bits per heavy atom. The SMILES string of the molecule is Cc1ccc2nc(N(CCCN3CCOCC3)C(=O)c3c(C)nc4ccccn34)sc2c1. The van der Waals surface area contributed by atoms with E-state index in [0.29, 0.717) is 12.2 Å². The number of nitrogens with zero attached hydrogens (tertiary/aromatic N) is 5. The van der Waals surface area contributed by atoms with Crippen LogP contribution in [-0.2, 0) is 4.74 Å². The fourth-order valence-electron chi connectivity index (χ4n) is 4.20. The van der Waals surface area contributed by atoms with Gasteiger partial charge in [0.2, 0.25) is 0 Å². The number of hydrogen-bond donors (Lipinski definition) is 0. The fraction of sp³-hybridized carbons (Fsp3) is 0.375. The van der Waals surface area contributed by atoms with Gasteiger partial charge in [0.05, 0.1) is 29.1 Å². The van der Waals surface area contributed by atoms with E-state index in [9.17, 15) is 4.79 Å². The smallest absolute Gasteiger partial charge is 0.278 e. The number of amides is 1. The highest BCUT2D eigenvalue weighted by atomic mass is 32.1. The second-order valence-corrected chi connectivity index (χ2v) is 9.22. The van der Waals surface area contributed by atoms with Gasteiger partial charge in [0, 0.05) is 32.4 Å². The van der Waals surface area contributed by atoms with Gasteiger partial charge in [-0.25, -0.2) is 9.97 Å². The number of ether oxygens (including phenoxy) is 1. The number of anilines is 1. The maximum Gasteiger partial charge on any atom is 0.278 e. The summed E-state index contributed by atoms with van der Waals surface area (Å²) in [7, 11) is 0. The van der Waals surface area contributed by atoms with E-state index in [-0.39, 0.29) is 5.91 Å². The van der Waals surface area contributed by atoms with Crippen molar-refractivity contribution in [2.24, 2.45) is 0 Å². The molecule has 1 aliphatic rings.